The highest BCUT2D eigenvalue weighted by Crippen LogP contribution is 2.38. The average molecular weight is 664 g/mol. The number of halogens is 3. The molecule has 0 spiro atoms. The van der Waals surface area contributed by atoms with E-state index >= 15 is 0 Å². The Bertz CT molecular complexity index is 1530. The van der Waals surface area contributed by atoms with Gasteiger partial charge in [0.2, 0.25) is 5.91 Å². The number of imide groups is 1. The van der Waals surface area contributed by atoms with Gasteiger partial charge in [-0.15, -0.1) is 0 Å². The van der Waals surface area contributed by atoms with E-state index in [2.05, 4.69) is 21.2 Å². The average Bonchev–Trinajstić information content (AvgIpc) is 3.16. The zero-order valence-electron chi connectivity index (χ0n) is 21.8. The smallest absolute Gasteiger partial charge is 0.294 e. The number of thioether (sulfide) groups is 1. The molecule has 0 aromatic heterocycles. The van der Waals surface area contributed by atoms with Gasteiger partial charge in [0.1, 0.15) is 13.2 Å². The number of hydrogen-bond donors (Lipinski definition) is 1. The maximum absolute atomic E-state index is 13.1. The molecule has 3 aromatic carbocycles. The van der Waals surface area contributed by atoms with Crippen molar-refractivity contribution in [1.29, 1.82) is 0 Å². The molecule has 0 aliphatic carbocycles. The molecular formula is C29H25BrCl2N2O5S. The van der Waals surface area contributed by atoms with Crippen LogP contribution in [0, 0.1) is 13.8 Å². The van der Waals surface area contributed by atoms with Gasteiger partial charge in [-0.2, -0.15) is 0 Å². The highest BCUT2D eigenvalue weighted by atomic mass is 79.9. The molecule has 208 valence electrons. The lowest BCUT2D eigenvalue weighted by Crippen LogP contribution is -2.36. The van der Waals surface area contributed by atoms with Gasteiger partial charge in [-0.3, -0.25) is 19.3 Å². The summed E-state index contributed by atoms with van der Waals surface area (Å²) in [4.78, 5) is 39.4. The van der Waals surface area contributed by atoms with Crippen LogP contribution in [-0.4, -0.2) is 35.1 Å². The van der Waals surface area contributed by atoms with Crippen LogP contribution in [0.3, 0.4) is 0 Å². The fourth-order valence-electron chi connectivity index (χ4n) is 3.77. The number of carbonyl (C=O) groups is 3. The van der Waals surface area contributed by atoms with Crippen LogP contribution in [0.15, 0.2) is 57.9 Å². The van der Waals surface area contributed by atoms with E-state index in [1.807, 2.05) is 39.0 Å². The molecule has 0 radical (unpaired) electrons. The second kappa shape index (κ2) is 13.1. The summed E-state index contributed by atoms with van der Waals surface area (Å²) in [6.45, 7) is 5.99. The Labute approximate surface area is 254 Å². The summed E-state index contributed by atoms with van der Waals surface area (Å²) in [5.41, 5.74) is 4.15. The third-order valence-corrected chi connectivity index (χ3v) is 8.33. The molecule has 1 heterocycles. The molecule has 0 bridgehead atoms. The monoisotopic (exact) mass is 662 g/mol. The molecule has 0 saturated carbocycles. The van der Waals surface area contributed by atoms with Crippen LogP contribution in [0.1, 0.15) is 29.2 Å². The van der Waals surface area contributed by atoms with Crippen molar-refractivity contribution in [2.75, 3.05) is 18.5 Å². The second-order valence-electron chi connectivity index (χ2n) is 8.91. The number of ether oxygens (including phenoxy) is 2. The highest BCUT2D eigenvalue weighted by molar-refractivity contribution is 9.10. The Morgan fingerprint density at radius 1 is 1.00 bits per heavy atom. The summed E-state index contributed by atoms with van der Waals surface area (Å²) in [6, 6.07) is 14.2. The van der Waals surface area contributed by atoms with Gasteiger partial charge in [-0.05, 0) is 97.3 Å². The summed E-state index contributed by atoms with van der Waals surface area (Å²) >= 11 is 16.4. The van der Waals surface area contributed by atoms with Gasteiger partial charge in [0.15, 0.2) is 11.5 Å². The number of aryl methyl sites for hydroxylation is 2. The van der Waals surface area contributed by atoms with Crippen molar-refractivity contribution < 1.29 is 23.9 Å². The van der Waals surface area contributed by atoms with Crippen LogP contribution in [-0.2, 0) is 16.2 Å². The Balaban J connectivity index is 1.49. The van der Waals surface area contributed by atoms with Crippen molar-refractivity contribution >= 4 is 79.7 Å². The van der Waals surface area contributed by atoms with Gasteiger partial charge in [0.05, 0.1) is 21.6 Å². The SMILES string of the molecule is CCOc1cc(/C=C2/SC(=O)N(CC(=O)Nc3ccc(C)c(C)c3)C2=O)c(Br)cc1OCc1ccc(Cl)c(Cl)c1. The van der Waals surface area contributed by atoms with Crippen LogP contribution in [0.25, 0.3) is 6.08 Å². The van der Waals surface area contributed by atoms with E-state index in [1.165, 1.54) is 0 Å². The zero-order chi connectivity index (χ0) is 29.0. The van der Waals surface area contributed by atoms with Crippen molar-refractivity contribution in [3.8, 4) is 11.5 Å². The predicted molar refractivity (Wildman–Crippen MR) is 163 cm³/mol. The lowest BCUT2D eigenvalue weighted by Gasteiger charge is -2.15. The van der Waals surface area contributed by atoms with Crippen LogP contribution < -0.4 is 14.8 Å². The number of anilines is 1. The van der Waals surface area contributed by atoms with Crippen LogP contribution >= 0.6 is 50.9 Å². The molecule has 7 nitrogen and oxygen atoms in total. The molecule has 0 atom stereocenters. The fraction of sp³-hybridized carbons (Fsp3) is 0.207. The summed E-state index contributed by atoms with van der Waals surface area (Å²) in [5, 5.41) is 3.11. The largest absolute Gasteiger partial charge is 0.490 e. The van der Waals surface area contributed by atoms with E-state index in [-0.39, 0.29) is 18.1 Å². The minimum atomic E-state index is -0.546. The first-order valence-electron chi connectivity index (χ1n) is 12.2. The van der Waals surface area contributed by atoms with Gasteiger partial charge < -0.3 is 14.8 Å². The predicted octanol–water partition coefficient (Wildman–Crippen LogP) is 8.03. The van der Waals surface area contributed by atoms with Crippen molar-refractivity contribution in [1.82, 2.24) is 4.90 Å². The van der Waals surface area contributed by atoms with E-state index in [0.29, 0.717) is 43.9 Å². The van der Waals surface area contributed by atoms with E-state index in [9.17, 15) is 14.4 Å². The quantitative estimate of drug-likeness (QED) is 0.233. The van der Waals surface area contributed by atoms with Gasteiger partial charge in [-0.1, -0.05) is 51.3 Å². The molecule has 1 aliphatic rings. The van der Waals surface area contributed by atoms with Crippen LogP contribution in [0.4, 0.5) is 10.5 Å². The number of rotatable bonds is 9. The molecule has 3 aromatic rings. The van der Waals surface area contributed by atoms with Crippen molar-refractivity contribution in [3.05, 3.63) is 90.2 Å². The molecule has 40 heavy (non-hydrogen) atoms. The minimum absolute atomic E-state index is 0.191. The van der Waals surface area contributed by atoms with Crippen molar-refractivity contribution in [2.45, 2.75) is 27.4 Å². The van der Waals surface area contributed by atoms with Crippen LogP contribution in [0.2, 0.25) is 10.0 Å². The fourth-order valence-corrected chi connectivity index (χ4v) is 5.36. The Morgan fingerprint density at radius 2 is 1.75 bits per heavy atom. The first kappa shape index (κ1) is 30.0. The van der Waals surface area contributed by atoms with Gasteiger partial charge >= 0.3 is 0 Å². The highest BCUT2D eigenvalue weighted by Gasteiger charge is 2.36. The van der Waals surface area contributed by atoms with E-state index < -0.39 is 17.1 Å². The molecule has 1 N–H and O–H groups in total. The second-order valence-corrected chi connectivity index (χ2v) is 11.6. The molecule has 4 rings (SSSR count). The standard InChI is InChI=1S/C29H25BrCl2N2O5S/c1-4-38-24-11-19(21(30)13-25(24)39-15-18-6-8-22(31)23(32)10-18)12-26-28(36)34(29(37)40-26)14-27(35)33-20-7-5-16(2)17(3)9-20/h5-13H,4,14-15H2,1-3H3,(H,33,35)/b26-12+. The first-order valence-corrected chi connectivity index (χ1v) is 14.6. The molecule has 3 amide bonds. The lowest BCUT2D eigenvalue weighted by atomic mass is 10.1. The topological polar surface area (TPSA) is 84.9 Å². The van der Waals surface area contributed by atoms with Gasteiger partial charge in [-0.25, -0.2) is 0 Å². The Kier molecular flexibility index (Phi) is 9.84. The van der Waals surface area contributed by atoms with Gasteiger partial charge in [0, 0.05) is 10.2 Å². The Morgan fingerprint density at radius 3 is 2.45 bits per heavy atom. The third kappa shape index (κ3) is 7.20. The number of carbonyl (C=O) groups excluding carboxylic acids is 3. The minimum Gasteiger partial charge on any atom is -0.490 e. The van der Waals surface area contributed by atoms with Crippen molar-refractivity contribution in [3.63, 3.8) is 0 Å². The molecule has 11 heteroatoms. The number of benzene rings is 3. The van der Waals surface area contributed by atoms with E-state index in [1.54, 1.807) is 36.4 Å². The number of nitrogens with one attached hydrogen (secondary N) is 1. The Hall–Kier alpha value is -2.98. The maximum Gasteiger partial charge on any atom is 0.294 e. The van der Waals surface area contributed by atoms with Crippen LogP contribution in [0.5, 0.6) is 11.5 Å². The maximum atomic E-state index is 13.1. The number of amides is 3. The third-order valence-electron chi connectivity index (χ3n) is 5.99. The summed E-state index contributed by atoms with van der Waals surface area (Å²) in [7, 11) is 0. The summed E-state index contributed by atoms with van der Waals surface area (Å²) in [6.07, 6.45) is 1.58. The number of hydrogen-bond acceptors (Lipinski definition) is 6. The lowest BCUT2D eigenvalue weighted by molar-refractivity contribution is -0.127. The molecule has 1 saturated heterocycles. The van der Waals surface area contributed by atoms with E-state index in [0.717, 1.165) is 33.4 Å². The molecular weight excluding hydrogens is 639 g/mol. The first-order chi connectivity index (χ1) is 19.0. The molecule has 0 unspecified atom stereocenters. The van der Waals surface area contributed by atoms with Gasteiger partial charge in [0.25, 0.3) is 11.1 Å². The van der Waals surface area contributed by atoms with Crippen molar-refractivity contribution in [2.24, 2.45) is 0 Å². The molecule has 1 aliphatic heterocycles. The van der Waals surface area contributed by atoms with E-state index in [4.69, 9.17) is 32.7 Å². The normalized spacial score (nSPS) is 14.2. The zero-order valence-corrected chi connectivity index (χ0v) is 25.8. The summed E-state index contributed by atoms with van der Waals surface area (Å²) in [5.74, 6) is -0.0674. The summed E-state index contributed by atoms with van der Waals surface area (Å²) < 4.78 is 12.4. The number of nitrogens with zero attached hydrogens (tertiary/aromatic N) is 1. The molecule has 1 fully saturated rings.